The average Bonchev–Trinajstić information content (AvgIpc) is 2.46. The van der Waals surface area contributed by atoms with E-state index in [1.165, 1.54) is 25.5 Å². The van der Waals surface area contributed by atoms with Crippen LogP contribution in [0.5, 0.6) is 0 Å². The second-order valence-corrected chi connectivity index (χ2v) is 8.52. The maximum Gasteiger partial charge on any atom is 0.211 e. The Morgan fingerprint density at radius 3 is 2.30 bits per heavy atom. The highest BCUT2D eigenvalue weighted by molar-refractivity contribution is 7.88. The monoisotopic (exact) mass is 304 g/mol. The van der Waals surface area contributed by atoms with Crippen molar-refractivity contribution in [1.29, 1.82) is 0 Å². The van der Waals surface area contributed by atoms with E-state index < -0.39 is 10.0 Å². The van der Waals surface area contributed by atoms with E-state index in [4.69, 9.17) is 0 Å². The van der Waals surface area contributed by atoms with Crippen molar-refractivity contribution in [3.05, 3.63) is 0 Å². The van der Waals surface area contributed by atoms with Crippen molar-refractivity contribution >= 4 is 10.0 Å². The molecule has 0 bridgehead atoms. The Balaban J connectivity index is 1.78. The SMILES string of the molecule is CS(=O)(=O)N1CCC(NCC2(CO)CCCCC2)CC1. The Hall–Kier alpha value is -0.170. The van der Waals surface area contributed by atoms with Gasteiger partial charge >= 0.3 is 0 Å². The zero-order chi connectivity index (χ0) is 14.6. The molecule has 0 spiro atoms. The van der Waals surface area contributed by atoms with Crippen LogP contribution in [0.3, 0.4) is 0 Å². The molecule has 1 aliphatic carbocycles. The van der Waals surface area contributed by atoms with Crippen molar-refractivity contribution in [2.75, 3.05) is 32.5 Å². The fourth-order valence-corrected chi connectivity index (χ4v) is 4.32. The van der Waals surface area contributed by atoms with Gasteiger partial charge in [-0.3, -0.25) is 0 Å². The van der Waals surface area contributed by atoms with Gasteiger partial charge in [-0.1, -0.05) is 19.3 Å². The van der Waals surface area contributed by atoms with Gasteiger partial charge in [0.1, 0.15) is 0 Å². The highest BCUT2D eigenvalue weighted by atomic mass is 32.2. The van der Waals surface area contributed by atoms with E-state index in [0.717, 1.165) is 32.2 Å². The number of nitrogens with zero attached hydrogens (tertiary/aromatic N) is 1. The number of aliphatic hydroxyl groups excluding tert-OH is 1. The summed E-state index contributed by atoms with van der Waals surface area (Å²) in [4.78, 5) is 0. The standard InChI is InChI=1S/C14H28N2O3S/c1-20(18,19)16-9-5-13(6-10-16)15-11-14(12-17)7-3-2-4-8-14/h13,15,17H,2-12H2,1H3. The number of hydrogen-bond donors (Lipinski definition) is 2. The van der Waals surface area contributed by atoms with Crippen LogP contribution in [0.2, 0.25) is 0 Å². The maximum atomic E-state index is 11.5. The van der Waals surface area contributed by atoms with E-state index in [9.17, 15) is 13.5 Å². The highest BCUT2D eigenvalue weighted by Crippen LogP contribution is 2.35. The smallest absolute Gasteiger partial charge is 0.211 e. The Morgan fingerprint density at radius 1 is 1.20 bits per heavy atom. The summed E-state index contributed by atoms with van der Waals surface area (Å²) in [6, 6.07) is 0.387. The molecule has 0 aromatic carbocycles. The predicted octanol–water partition coefficient (Wildman–Crippen LogP) is 0.943. The molecule has 1 saturated carbocycles. The Bertz CT molecular complexity index is 397. The van der Waals surface area contributed by atoms with Gasteiger partial charge in [0, 0.05) is 37.7 Å². The van der Waals surface area contributed by atoms with Gasteiger partial charge in [0.15, 0.2) is 0 Å². The van der Waals surface area contributed by atoms with Crippen molar-refractivity contribution < 1.29 is 13.5 Å². The molecule has 1 heterocycles. The van der Waals surface area contributed by atoms with Gasteiger partial charge in [0.2, 0.25) is 10.0 Å². The molecule has 6 heteroatoms. The maximum absolute atomic E-state index is 11.5. The van der Waals surface area contributed by atoms with Gasteiger partial charge in [0.05, 0.1) is 6.26 Å². The van der Waals surface area contributed by atoms with Crippen LogP contribution in [0.1, 0.15) is 44.9 Å². The van der Waals surface area contributed by atoms with Crippen LogP contribution in [0.15, 0.2) is 0 Å². The molecular formula is C14H28N2O3S. The zero-order valence-electron chi connectivity index (χ0n) is 12.5. The number of aliphatic hydroxyl groups is 1. The van der Waals surface area contributed by atoms with Crippen LogP contribution in [0, 0.1) is 5.41 Å². The molecule has 0 amide bonds. The average molecular weight is 304 g/mol. The summed E-state index contributed by atoms with van der Waals surface area (Å²) in [5.41, 5.74) is 0.0617. The van der Waals surface area contributed by atoms with E-state index in [2.05, 4.69) is 5.32 Å². The summed E-state index contributed by atoms with van der Waals surface area (Å²) < 4.78 is 24.5. The van der Waals surface area contributed by atoms with Gasteiger partial charge in [-0.05, 0) is 25.7 Å². The number of sulfonamides is 1. The Kier molecular flexibility index (Phi) is 5.45. The van der Waals surface area contributed by atoms with E-state index in [1.807, 2.05) is 0 Å². The van der Waals surface area contributed by atoms with E-state index in [0.29, 0.717) is 19.1 Å². The quantitative estimate of drug-likeness (QED) is 0.793. The predicted molar refractivity (Wildman–Crippen MR) is 80.0 cm³/mol. The lowest BCUT2D eigenvalue weighted by molar-refractivity contribution is 0.0759. The topological polar surface area (TPSA) is 69.6 Å². The molecule has 2 fully saturated rings. The normalized spacial score (nSPS) is 25.7. The lowest BCUT2D eigenvalue weighted by atomic mass is 9.74. The summed E-state index contributed by atoms with van der Waals surface area (Å²) in [6.07, 6.45) is 8.96. The minimum atomic E-state index is -3.04. The van der Waals surface area contributed by atoms with Crippen molar-refractivity contribution in [3.63, 3.8) is 0 Å². The Morgan fingerprint density at radius 2 is 1.80 bits per heavy atom. The third-order valence-electron chi connectivity index (χ3n) is 4.94. The minimum absolute atomic E-state index is 0.0617. The molecule has 2 N–H and O–H groups in total. The van der Waals surface area contributed by atoms with E-state index in [1.54, 1.807) is 4.31 Å². The first-order chi connectivity index (χ1) is 9.45. The molecular weight excluding hydrogens is 276 g/mol. The fourth-order valence-electron chi connectivity index (χ4n) is 3.44. The fraction of sp³-hybridized carbons (Fsp3) is 1.00. The van der Waals surface area contributed by atoms with Crippen LogP contribution >= 0.6 is 0 Å². The molecule has 0 unspecified atom stereocenters. The lowest BCUT2D eigenvalue weighted by Crippen LogP contribution is -2.48. The van der Waals surface area contributed by atoms with Crippen LogP contribution in [0.4, 0.5) is 0 Å². The summed E-state index contributed by atoms with van der Waals surface area (Å²) in [7, 11) is -3.04. The number of piperidine rings is 1. The van der Waals surface area contributed by atoms with Crippen molar-refractivity contribution in [3.8, 4) is 0 Å². The summed E-state index contributed by atoms with van der Waals surface area (Å²) >= 11 is 0. The first-order valence-electron chi connectivity index (χ1n) is 7.75. The third-order valence-corrected chi connectivity index (χ3v) is 6.24. The molecule has 118 valence electrons. The van der Waals surface area contributed by atoms with Crippen molar-refractivity contribution in [2.24, 2.45) is 5.41 Å². The molecule has 0 aromatic rings. The van der Waals surface area contributed by atoms with Crippen LogP contribution in [0.25, 0.3) is 0 Å². The zero-order valence-corrected chi connectivity index (χ0v) is 13.3. The molecule has 0 aromatic heterocycles. The summed E-state index contributed by atoms with van der Waals surface area (Å²) in [6.45, 7) is 2.36. The van der Waals surface area contributed by atoms with Crippen molar-refractivity contribution in [1.82, 2.24) is 9.62 Å². The van der Waals surface area contributed by atoms with E-state index >= 15 is 0 Å². The second-order valence-electron chi connectivity index (χ2n) is 6.54. The molecule has 1 saturated heterocycles. The molecule has 0 radical (unpaired) electrons. The molecule has 2 aliphatic rings. The molecule has 0 atom stereocenters. The number of hydrogen-bond acceptors (Lipinski definition) is 4. The number of rotatable bonds is 5. The van der Waals surface area contributed by atoms with E-state index in [-0.39, 0.29) is 12.0 Å². The van der Waals surface area contributed by atoms with Crippen molar-refractivity contribution in [2.45, 2.75) is 51.0 Å². The number of nitrogens with one attached hydrogen (secondary N) is 1. The van der Waals surface area contributed by atoms with Gasteiger partial charge in [-0.25, -0.2) is 12.7 Å². The Labute approximate surface area is 122 Å². The van der Waals surface area contributed by atoms with Gasteiger partial charge in [-0.15, -0.1) is 0 Å². The minimum Gasteiger partial charge on any atom is -0.396 e. The van der Waals surface area contributed by atoms with Crippen LogP contribution in [-0.4, -0.2) is 56.4 Å². The molecule has 5 nitrogen and oxygen atoms in total. The third kappa shape index (κ3) is 4.16. The summed E-state index contributed by atoms with van der Waals surface area (Å²) in [5, 5.41) is 13.3. The molecule has 20 heavy (non-hydrogen) atoms. The lowest BCUT2D eigenvalue weighted by Gasteiger charge is -2.38. The van der Waals surface area contributed by atoms with Gasteiger partial charge in [-0.2, -0.15) is 0 Å². The summed E-state index contributed by atoms with van der Waals surface area (Å²) in [5.74, 6) is 0. The highest BCUT2D eigenvalue weighted by Gasteiger charge is 2.32. The van der Waals surface area contributed by atoms with Crippen LogP contribution in [-0.2, 0) is 10.0 Å². The first kappa shape index (κ1) is 16.2. The largest absolute Gasteiger partial charge is 0.396 e. The van der Waals surface area contributed by atoms with Gasteiger partial charge < -0.3 is 10.4 Å². The second kappa shape index (κ2) is 6.73. The van der Waals surface area contributed by atoms with Crippen LogP contribution < -0.4 is 5.32 Å². The first-order valence-corrected chi connectivity index (χ1v) is 9.59. The molecule has 2 rings (SSSR count). The molecule has 1 aliphatic heterocycles. The van der Waals surface area contributed by atoms with Gasteiger partial charge in [0.25, 0.3) is 0 Å².